The second-order valence-electron chi connectivity index (χ2n) is 8.91. The standard InChI is InChI=1S/C24H30Cl2N4O4/c1-14(2)21(27)24(33)34-13-30-12-15(11-19(31)20-17(25)9-6-10-18(20)26)22(29-30)23(32)28-16-7-4-3-5-8-16/h6,9-10,12,14,16,21H,3-5,7-8,11,13,27H2,1-2H3,(H,28,32)/t21-/m0/s1. The van der Waals surface area contributed by atoms with Crippen LogP contribution in [0.3, 0.4) is 0 Å². The van der Waals surface area contributed by atoms with Crippen molar-refractivity contribution in [2.45, 2.75) is 71.2 Å². The SMILES string of the molecule is CC(C)[C@H](N)C(=O)OCn1cc(CC(=O)c2c(Cl)cccc2Cl)c(C(=O)NC2CCCCC2)n1. The van der Waals surface area contributed by atoms with Crippen LogP contribution >= 0.6 is 23.2 Å². The molecule has 0 aliphatic heterocycles. The Morgan fingerprint density at radius 2 is 1.82 bits per heavy atom. The quantitative estimate of drug-likeness (QED) is 0.387. The van der Waals surface area contributed by atoms with Crippen molar-refractivity contribution in [3.8, 4) is 0 Å². The van der Waals surface area contributed by atoms with Gasteiger partial charge in [0.1, 0.15) is 6.04 Å². The van der Waals surface area contributed by atoms with Crippen molar-refractivity contribution >= 4 is 40.9 Å². The summed E-state index contributed by atoms with van der Waals surface area (Å²) < 4.78 is 6.57. The van der Waals surface area contributed by atoms with Crippen LogP contribution in [-0.2, 0) is 22.7 Å². The zero-order valence-corrected chi connectivity index (χ0v) is 20.9. The number of benzene rings is 1. The number of ether oxygens (including phenoxy) is 1. The Morgan fingerprint density at radius 1 is 1.18 bits per heavy atom. The van der Waals surface area contributed by atoms with Crippen LogP contribution in [0.2, 0.25) is 10.0 Å². The molecule has 1 aliphatic carbocycles. The van der Waals surface area contributed by atoms with Gasteiger partial charge >= 0.3 is 5.97 Å². The molecule has 3 N–H and O–H groups in total. The maximum atomic E-state index is 13.1. The highest BCUT2D eigenvalue weighted by atomic mass is 35.5. The van der Waals surface area contributed by atoms with Crippen LogP contribution in [0.4, 0.5) is 0 Å². The average Bonchev–Trinajstić information content (AvgIpc) is 3.20. The summed E-state index contributed by atoms with van der Waals surface area (Å²) >= 11 is 12.4. The molecule has 0 radical (unpaired) electrons. The molecule has 1 amide bonds. The van der Waals surface area contributed by atoms with E-state index in [9.17, 15) is 14.4 Å². The summed E-state index contributed by atoms with van der Waals surface area (Å²) in [7, 11) is 0. The first kappa shape index (κ1) is 26.2. The van der Waals surface area contributed by atoms with Crippen LogP contribution in [0, 0.1) is 5.92 Å². The van der Waals surface area contributed by atoms with Crippen LogP contribution in [0.1, 0.15) is 72.4 Å². The molecule has 1 aromatic carbocycles. The Hall–Kier alpha value is -2.42. The number of nitrogens with one attached hydrogen (secondary N) is 1. The van der Waals surface area contributed by atoms with E-state index < -0.39 is 12.0 Å². The van der Waals surface area contributed by atoms with Crippen molar-refractivity contribution in [1.29, 1.82) is 0 Å². The van der Waals surface area contributed by atoms with Crippen LogP contribution in [0.25, 0.3) is 0 Å². The van der Waals surface area contributed by atoms with Gasteiger partial charge in [-0.05, 0) is 30.9 Å². The predicted octanol–water partition coefficient (Wildman–Crippen LogP) is 4.16. The van der Waals surface area contributed by atoms with E-state index in [1.54, 1.807) is 18.2 Å². The number of amides is 1. The molecule has 10 heteroatoms. The van der Waals surface area contributed by atoms with Gasteiger partial charge in [-0.3, -0.25) is 14.4 Å². The molecule has 0 saturated heterocycles. The first-order chi connectivity index (χ1) is 16.2. The Labute approximate surface area is 209 Å². The van der Waals surface area contributed by atoms with Gasteiger partial charge in [-0.1, -0.05) is 62.4 Å². The predicted molar refractivity (Wildman–Crippen MR) is 130 cm³/mol. The molecule has 1 fully saturated rings. The lowest BCUT2D eigenvalue weighted by molar-refractivity contribution is -0.150. The first-order valence-electron chi connectivity index (χ1n) is 11.4. The van der Waals surface area contributed by atoms with Gasteiger partial charge in [0.2, 0.25) is 0 Å². The van der Waals surface area contributed by atoms with Gasteiger partial charge in [0.05, 0.1) is 15.6 Å². The minimum atomic E-state index is -0.770. The number of aromatic nitrogens is 2. The van der Waals surface area contributed by atoms with Crippen LogP contribution in [0.5, 0.6) is 0 Å². The van der Waals surface area contributed by atoms with Crippen LogP contribution in [0.15, 0.2) is 24.4 Å². The Morgan fingerprint density at radius 3 is 2.44 bits per heavy atom. The summed E-state index contributed by atoms with van der Waals surface area (Å²) in [5.41, 5.74) is 6.51. The van der Waals surface area contributed by atoms with E-state index >= 15 is 0 Å². The molecule has 1 atom stereocenters. The minimum absolute atomic E-state index is 0.0647. The normalized spacial score (nSPS) is 15.2. The molecule has 0 bridgehead atoms. The maximum absolute atomic E-state index is 13.1. The van der Waals surface area contributed by atoms with Crippen molar-refractivity contribution in [2.75, 3.05) is 0 Å². The third-order valence-corrected chi connectivity index (χ3v) is 6.54. The van der Waals surface area contributed by atoms with Crippen molar-refractivity contribution in [2.24, 2.45) is 11.7 Å². The maximum Gasteiger partial charge on any atom is 0.324 e. The fourth-order valence-electron chi connectivity index (χ4n) is 3.87. The fourth-order valence-corrected chi connectivity index (χ4v) is 4.48. The minimum Gasteiger partial charge on any atom is -0.441 e. The highest BCUT2D eigenvalue weighted by Gasteiger charge is 2.25. The number of ketones is 1. The zero-order chi connectivity index (χ0) is 24.8. The van der Waals surface area contributed by atoms with Gasteiger partial charge in [-0.2, -0.15) is 5.10 Å². The number of nitrogens with two attached hydrogens (primary N) is 1. The molecule has 34 heavy (non-hydrogen) atoms. The van der Waals surface area contributed by atoms with Gasteiger partial charge in [0.15, 0.2) is 18.2 Å². The average molecular weight is 509 g/mol. The van der Waals surface area contributed by atoms with Gasteiger partial charge in [-0.15, -0.1) is 0 Å². The third kappa shape index (κ3) is 6.58. The molecule has 1 heterocycles. The molecule has 8 nitrogen and oxygen atoms in total. The lowest BCUT2D eigenvalue weighted by atomic mass is 9.95. The molecule has 0 spiro atoms. The van der Waals surface area contributed by atoms with Crippen molar-refractivity contribution in [1.82, 2.24) is 15.1 Å². The highest BCUT2D eigenvalue weighted by Crippen LogP contribution is 2.26. The summed E-state index contributed by atoms with van der Waals surface area (Å²) in [6.45, 7) is 3.40. The number of hydrogen-bond donors (Lipinski definition) is 2. The molecular formula is C24H30Cl2N4O4. The summed E-state index contributed by atoms with van der Waals surface area (Å²) in [6.07, 6.45) is 6.46. The smallest absolute Gasteiger partial charge is 0.324 e. The summed E-state index contributed by atoms with van der Waals surface area (Å²) in [4.78, 5) is 38.2. The third-order valence-electron chi connectivity index (χ3n) is 5.92. The van der Waals surface area contributed by atoms with Gasteiger partial charge in [0.25, 0.3) is 5.91 Å². The Bertz CT molecular complexity index is 1030. The number of Topliss-reactive ketones (excluding diaryl/α,β-unsaturated/α-hetero) is 1. The van der Waals surface area contributed by atoms with E-state index in [0.717, 1.165) is 32.1 Å². The topological polar surface area (TPSA) is 116 Å². The summed E-state index contributed by atoms with van der Waals surface area (Å²) in [6, 6.07) is 4.11. The number of hydrogen-bond acceptors (Lipinski definition) is 6. The van der Waals surface area contributed by atoms with E-state index in [2.05, 4.69) is 10.4 Å². The molecule has 0 unspecified atom stereocenters. The highest BCUT2D eigenvalue weighted by molar-refractivity contribution is 6.39. The number of esters is 1. The molecule has 1 aliphatic rings. The van der Waals surface area contributed by atoms with E-state index in [0.29, 0.717) is 5.56 Å². The van der Waals surface area contributed by atoms with E-state index in [4.69, 9.17) is 33.7 Å². The molecule has 2 aromatic rings. The zero-order valence-electron chi connectivity index (χ0n) is 19.4. The lowest BCUT2D eigenvalue weighted by Gasteiger charge is -2.22. The second-order valence-corrected chi connectivity index (χ2v) is 9.72. The summed E-state index contributed by atoms with van der Waals surface area (Å²) in [5.74, 6) is -1.38. The molecule has 1 saturated carbocycles. The lowest BCUT2D eigenvalue weighted by Crippen LogP contribution is -2.37. The Kier molecular flexibility index (Phi) is 9.10. The number of carbonyl (C=O) groups is 3. The number of carbonyl (C=O) groups excluding carboxylic acids is 3. The first-order valence-corrected chi connectivity index (χ1v) is 12.2. The fraction of sp³-hybridized carbons (Fsp3) is 0.500. The Balaban J connectivity index is 1.82. The van der Waals surface area contributed by atoms with Gasteiger partial charge in [0, 0.05) is 24.2 Å². The largest absolute Gasteiger partial charge is 0.441 e. The van der Waals surface area contributed by atoms with E-state index in [1.165, 1.54) is 10.9 Å². The second kappa shape index (κ2) is 11.8. The van der Waals surface area contributed by atoms with Crippen molar-refractivity contribution in [3.63, 3.8) is 0 Å². The van der Waals surface area contributed by atoms with Crippen LogP contribution in [-0.4, -0.2) is 39.5 Å². The van der Waals surface area contributed by atoms with E-state index in [1.807, 2.05) is 13.8 Å². The number of nitrogens with zero attached hydrogens (tertiary/aromatic N) is 2. The summed E-state index contributed by atoms with van der Waals surface area (Å²) in [5, 5.41) is 7.79. The van der Waals surface area contributed by atoms with Crippen molar-refractivity contribution in [3.05, 3.63) is 51.3 Å². The monoisotopic (exact) mass is 508 g/mol. The van der Waals surface area contributed by atoms with Crippen molar-refractivity contribution < 1.29 is 19.1 Å². The van der Waals surface area contributed by atoms with E-state index in [-0.39, 0.29) is 58.1 Å². The van der Waals surface area contributed by atoms with Gasteiger partial charge in [-0.25, -0.2) is 4.68 Å². The molecule has 3 rings (SSSR count). The van der Waals surface area contributed by atoms with Gasteiger partial charge < -0.3 is 15.8 Å². The molecular weight excluding hydrogens is 479 g/mol. The number of halogens is 2. The molecule has 1 aromatic heterocycles. The molecule has 184 valence electrons. The number of rotatable bonds is 9. The van der Waals surface area contributed by atoms with Crippen LogP contribution < -0.4 is 11.1 Å².